The summed E-state index contributed by atoms with van der Waals surface area (Å²) in [5, 5.41) is 163. The molecule has 57 heteroatoms. The molecule has 24 N–H and O–H groups in total. The molecule has 0 saturated carbocycles. The summed E-state index contributed by atoms with van der Waals surface area (Å²) in [5.74, 6) is -15.3. The fourth-order valence-corrected chi connectivity index (χ4v) is 22.3. The Kier molecular flexibility index (Phi) is 38.1. The fourth-order valence-electron chi connectivity index (χ4n) is 14.4. The van der Waals surface area contributed by atoms with Gasteiger partial charge in [0.25, 0.3) is 0 Å². The molecular formula is C72H112NaO48S8+. The summed E-state index contributed by atoms with van der Waals surface area (Å²) in [5.41, 5.74) is 0. The van der Waals surface area contributed by atoms with Crippen LogP contribution in [0.1, 0.15) is 51.4 Å². The van der Waals surface area contributed by atoms with E-state index < -0.39 is 391 Å². The van der Waals surface area contributed by atoms with Gasteiger partial charge in [-0.25, -0.2) is 0 Å². The maximum atomic E-state index is 12.1. The molecule has 0 aromatic carbocycles. The molecule has 129 heavy (non-hydrogen) atoms. The Labute approximate surface area is 815 Å². The van der Waals surface area contributed by atoms with E-state index in [0.717, 1.165) is 94.1 Å². The number of hydrogen-bond acceptors (Lipinski definition) is 48. The maximum absolute atomic E-state index is 12.1. The minimum absolute atomic E-state index is 0. The third-order valence-electron chi connectivity index (χ3n) is 21.0. The molecule has 1 unspecified atom stereocenters. The van der Waals surface area contributed by atoms with Gasteiger partial charge in [-0.1, -0.05) is 0 Å². The predicted octanol–water partition coefficient (Wildman–Crippen LogP) is -10.7. The minimum atomic E-state index is -2.14. The van der Waals surface area contributed by atoms with E-state index in [9.17, 15) is 79.2 Å². The minimum Gasteiger partial charge on any atom is -0.481 e. The molecule has 30 fully saturated rings. The molecule has 48 nitrogen and oxygen atoms in total. The van der Waals surface area contributed by atoms with Gasteiger partial charge in [-0.2, -0.15) is 94.1 Å². The van der Waals surface area contributed by atoms with Crippen molar-refractivity contribution in [2.24, 2.45) is 0 Å². The number of rotatable bonds is 56. The van der Waals surface area contributed by atoms with Crippen molar-refractivity contribution < 1.29 is 266 Å². The summed E-state index contributed by atoms with van der Waals surface area (Å²) in [7, 11) is 0. The maximum Gasteiger partial charge on any atom is 1.00 e. The van der Waals surface area contributed by atoms with Crippen molar-refractivity contribution in [3.05, 3.63) is 0 Å². The number of hydrogen-bond donors (Lipinski definition) is 24. The van der Waals surface area contributed by atoms with Crippen LogP contribution < -0.4 is 29.6 Å². The molecule has 40 atom stereocenters. The zero-order valence-corrected chi connectivity index (χ0v) is 76.8. The van der Waals surface area contributed by atoms with Gasteiger partial charge in [0, 0.05) is 92.0 Å². The van der Waals surface area contributed by atoms with Crippen LogP contribution in [0.3, 0.4) is 0 Å². The van der Waals surface area contributed by atoms with Gasteiger partial charge < -0.3 is 198 Å². The van der Waals surface area contributed by atoms with E-state index >= 15 is 0 Å². The Hall–Kier alpha value is -1.72. The van der Waals surface area contributed by atoms with E-state index in [-0.39, 0.29) is 75.6 Å². The van der Waals surface area contributed by atoms with Crippen molar-refractivity contribution in [1.82, 2.24) is 0 Å². The predicted molar refractivity (Wildman–Crippen MR) is 441 cm³/mol. The second kappa shape index (κ2) is 54.7. The van der Waals surface area contributed by atoms with Crippen LogP contribution >= 0.6 is 94.1 Å². The van der Waals surface area contributed by atoms with Gasteiger partial charge in [0.2, 0.25) is 22.9 Å². The van der Waals surface area contributed by atoms with E-state index in [2.05, 4.69) is 0 Å². The summed E-state index contributed by atoms with van der Waals surface area (Å²) in [6, 6.07) is 0. The van der Waals surface area contributed by atoms with E-state index in [1.165, 1.54) is 0 Å². The van der Waals surface area contributed by atoms with Crippen molar-refractivity contribution in [2.45, 2.75) is 297 Å². The van der Waals surface area contributed by atoms with Gasteiger partial charge in [0.15, 0.2) is 50.3 Å². The van der Waals surface area contributed by atoms with Crippen LogP contribution in [-0.2, 0) is 114 Å². The second-order valence-electron chi connectivity index (χ2n) is 30.3. The molecule has 0 aliphatic carbocycles. The van der Waals surface area contributed by atoms with Gasteiger partial charge in [0.05, 0.1) is 100 Å². The topological polar surface area (TPSA) is 770 Å². The average Bonchev–Trinajstić information content (AvgIpc) is 0.758. The first-order chi connectivity index (χ1) is 69.3. The van der Waals surface area contributed by atoms with Crippen LogP contribution in [-0.4, -0.2) is 531 Å². The summed E-state index contributed by atoms with van der Waals surface area (Å²) in [4.78, 5) is 96.5. The summed E-state index contributed by atoms with van der Waals surface area (Å²) in [6.45, 7) is 0. The Morgan fingerprint density at radius 1 is 0.178 bits per heavy atom. The molecule has 30 aliphatic heterocycles. The van der Waals surface area contributed by atoms with Crippen LogP contribution in [0.4, 0.5) is 0 Å². The molecule has 0 amide bonds. The molecule has 736 valence electrons. The van der Waals surface area contributed by atoms with Crippen molar-refractivity contribution in [2.75, 3.05) is 92.0 Å². The first-order valence-electron chi connectivity index (χ1n) is 46.6. The Morgan fingerprint density at radius 3 is 0.364 bits per heavy atom. The number of ether oxygens (including phenoxy) is 16. The SMILES string of the molecule is [2H]O[C@@H]1[C@@H](O[2H])[C@H]2OC3[C@@H](CSCCC(=O)O)O[C@H](O[C@H]4[C@H](O[2H])[C@@H](O[2H])[C@@H](O[C@H]5[C@H](O[2H])[C@@H](O[2H])[C@@H](O[C@H]6[C@H](O[2H])[C@@H](O[2H])[C@@H](O[C@H]7[C@H](O[2H])[C@@H](O[2H])[C@@H](O[C@H]8[C@H](O[2H])[C@@H](O[2H])[C@@H](O[C@H]9[C@H](O[2H])[C@@H](O[2H])[C@@H](O[C@@H]1[C@@H](CSCCC(=O)O)O2)O[C@@H]9CSCCC(=O)O)O[C@@H]8CSCCC(=O)O)O[C@@H]7CSCCC(=O)O)O[C@@H]6CSCCC(=O)O)O[C@@H]5CSCCC(=O)O)O[C@@H]4CSCCC(=O)O)[C@H](O[2H])[C@H]3O[2H].[Na+]. The fraction of sp³-hybridized carbons (Fsp3) is 0.889. The van der Waals surface area contributed by atoms with E-state index in [0.29, 0.717) is 0 Å². The first-order valence-corrected chi connectivity index (χ1v) is 49.4. The summed E-state index contributed by atoms with van der Waals surface area (Å²) >= 11 is 6.98. The molecular weight excluding hydrogens is 1910 g/mol. The van der Waals surface area contributed by atoms with Gasteiger partial charge >= 0.3 is 77.3 Å². The number of thioether (sulfide) groups is 8. The van der Waals surface area contributed by atoms with Crippen molar-refractivity contribution in [3.8, 4) is 0 Å². The summed E-state index contributed by atoms with van der Waals surface area (Å²) < 4.78 is 245. The van der Waals surface area contributed by atoms with Gasteiger partial charge in [-0.15, -0.1) is 0 Å². The number of aliphatic hydroxyl groups is 16. The number of carbonyl (C=O) groups is 8. The quantitative estimate of drug-likeness (QED) is 0.0199. The molecule has 30 aliphatic rings. The van der Waals surface area contributed by atoms with E-state index in [1.807, 2.05) is 0 Å². The molecule has 30 saturated heterocycles. The first kappa shape index (κ1) is 89.9. The normalized spacial score (nSPS) is 42.8. The third-order valence-corrected chi connectivity index (χ3v) is 29.5. The molecule has 0 radical (unpaired) electrons. The number of aliphatic carboxylic acids is 8. The second-order valence-corrected chi connectivity index (χ2v) is 39.5. The number of aliphatic hydroxyl groups excluding tert-OH is 16. The largest absolute Gasteiger partial charge is 1.00 e. The van der Waals surface area contributed by atoms with Crippen molar-refractivity contribution in [3.63, 3.8) is 0 Å². The Balaban J connectivity index is 0.0000257. The Morgan fingerprint density at radius 2 is 0.279 bits per heavy atom. The van der Waals surface area contributed by atoms with Gasteiger partial charge in [-0.3, -0.25) is 38.4 Å². The van der Waals surface area contributed by atoms with Crippen molar-refractivity contribution in [1.29, 1.82) is 22.9 Å². The number of carboxylic acid groups (broad SMARTS) is 8. The Bertz CT molecular complexity index is 3160. The van der Waals surface area contributed by atoms with Gasteiger partial charge in [0.1, 0.15) is 146 Å². The monoisotopic (exact) mass is 2040 g/mol. The van der Waals surface area contributed by atoms with Crippen LogP contribution in [0.2, 0.25) is 0 Å². The molecule has 0 aromatic heterocycles. The van der Waals surface area contributed by atoms with Crippen LogP contribution in [0.15, 0.2) is 0 Å². The van der Waals surface area contributed by atoms with Crippen molar-refractivity contribution >= 4 is 142 Å². The van der Waals surface area contributed by atoms with Crippen LogP contribution in [0, 0.1) is 0 Å². The number of carboxylic acids is 8. The third kappa shape index (κ3) is 32.2. The molecule has 16 bridgehead atoms. The van der Waals surface area contributed by atoms with Crippen LogP contribution in [0.5, 0.6) is 0 Å². The molecule has 0 aromatic rings. The van der Waals surface area contributed by atoms with E-state index in [1.54, 1.807) is 0 Å². The zero-order chi connectivity index (χ0) is 105. The van der Waals surface area contributed by atoms with E-state index in [4.69, 9.17) is 180 Å². The molecule has 30 rings (SSSR count). The smallest absolute Gasteiger partial charge is 0.481 e. The standard InChI is InChI=1S/C72H112O48S8.Na/c73-33(74)1-9-121-17-25-57-41(89)49(97)65(105-25)114-58-26(18-122-10-2-34(75)76)107-67(51(99)43(58)91)116-60-28(20-124-12-4-36(79)80)109-69(53(101)45(60)93)118-62-30(22-126-14-6-38(83)84)111-71(55(103)47(62)95)120-64-32(24-128-16-8-40(87)88)112-72(56(104)48(64)96)119-63-31(23-127-15-7-39(85)86)110-70(54(102)46(63)94)117-61-29(21-125-13-5-37(81)82)108-68(52(100)44(61)92)115-59-27(19-123-11-3-35(77)78)106-66(113-57)50(98)42(59)90;/h25-32,41-72,89-104H,1-24H2,(H,73,74)(H,75,76)(H,77,78)(H,79,80)(H,81,82)(H,83,84)(H,85,86)(H,87,88);/q;+1/t25-,26-,27-,28-,29-,30-,31-,32-,41-,42-,43-,44-,45-,46-,47-,48-,49-,50-,51-,52-,53-,54-,55-,56-,57-,58-,59-,60-,61-,62-,63-,64?,65-,66-,67-,68-,69-,70-,71-,72-;/m1./s1/i89D,90D,91D,92D,93D,94D,95D,96D,97D,98D,99D,100D,101D,102D,103D,104D;. The molecule has 30 heterocycles. The van der Waals surface area contributed by atoms with Gasteiger partial charge in [-0.05, 0) is 0 Å². The summed E-state index contributed by atoms with van der Waals surface area (Å²) in [6.07, 6.45) is -83.2. The van der Waals surface area contributed by atoms with Crippen LogP contribution in [0.25, 0.3) is 0 Å². The molecule has 0 spiro atoms. The average molecular weight is 2040 g/mol. The zero-order valence-electron chi connectivity index (χ0n) is 84.2.